The fraction of sp³-hybridized carbons (Fsp3) is 0.286. The second-order valence-corrected chi connectivity index (χ2v) is 6.49. The quantitative estimate of drug-likeness (QED) is 0.727. The lowest BCUT2D eigenvalue weighted by atomic mass is 10.1. The van der Waals surface area contributed by atoms with Gasteiger partial charge in [0.2, 0.25) is 0 Å². The summed E-state index contributed by atoms with van der Waals surface area (Å²) in [5.41, 5.74) is 3.59. The molecule has 1 aliphatic heterocycles. The van der Waals surface area contributed by atoms with Crippen LogP contribution in [0.3, 0.4) is 0 Å². The molecule has 25 heavy (non-hydrogen) atoms. The molecular formula is C21H23N3O. The summed E-state index contributed by atoms with van der Waals surface area (Å²) in [5, 5.41) is 1.24. The number of para-hydroxylation sites is 1. The molecule has 4 rings (SSSR count). The van der Waals surface area contributed by atoms with Crippen molar-refractivity contribution in [2.24, 2.45) is 0 Å². The zero-order valence-electron chi connectivity index (χ0n) is 14.8. The van der Waals surface area contributed by atoms with E-state index < -0.39 is 0 Å². The number of hydrogen-bond acceptors (Lipinski definition) is 4. The van der Waals surface area contributed by atoms with E-state index >= 15 is 0 Å². The van der Waals surface area contributed by atoms with Gasteiger partial charge in [0.05, 0.1) is 12.6 Å². The number of nitrogens with zero attached hydrogens (tertiary/aromatic N) is 3. The summed E-state index contributed by atoms with van der Waals surface area (Å²) in [4.78, 5) is 9.67. The van der Waals surface area contributed by atoms with Crippen LogP contribution in [-0.4, -0.2) is 38.3 Å². The number of rotatable bonds is 3. The average Bonchev–Trinajstić information content (AvgIpc) is 2.68. The third-order valence-electron chi connectivity index (χ3n) is 4.93. The predicted molar refractivity (Wildman–Crippen MR) is 104 cm³/mol. The Labute approximate surface area is 148 Å². The van der Waals surface area contributed by atoms with Crippen LogP contribution in [-0.2, 0) is 0 Å². The van der Waals surface area contributed by atoms with E-state index in [9.17, 15) is 0 Å². The molecule has 0 radical (unpaired) electrons. The fourth-order valence-electron chi connectivity index (χ4n) is 3.49. The summed E-state index contributed by atoms with van der Waals surface area (Å²) in [6, 6.07) is 18.9. The Morgan fingerprint density at radius 3 is 2.44 bits per heavy atom. The average molecular weight is 333 g/mol. The SMILES string of the molecule is COc1cccc(N2CCN(c3cc(C)c4ccccc4n3)CC2)c1. The lowest BCUT2D eigenvalue weighted by Crippen LogP contribution is -2.46. The van der Waals surface area contributed by atoms with Gasteiger partial charge in [-0.2, -0.15) is 0 Å². The second kappa shape index (κ2) is 6.63. The minimum absolute atomic E-state index is 0.909. The van der Waals surface area contributed by atoms with E-state index in [1.807, 2.05) is 6.07 Å². The topological polar surface area (TPSA) is 28.6 Å². The summed E-state index contributed by atoms with van der Waals surface area (Å²) in [5.74, 6) is 1.99. The first-order valence-corrected chi connectivity index (χ1v) is 8.75. The predicted octanol–water partition coefficient (Wildman–Crippen LogP) is 3.88. The first-order chi connectivity index (χ1) is 12.2. The van der Waals surface area contributed by atoms with Crippen LogP contribution >= 0.6 is 0 Å². The van der Waals surface area contributed by atoms with Crippen molar-refractivity contribution in [2.45, 2.75) is 6.92 Å². The molecular weight excluding hydrogens is 310 g/mol. The molecule has 0 unspecified atom stereocenters. The van der Waals surface area contributed by atoms with Gasteiger partial charge in [0, 0.05) is 43.3 Å². The normalized spacial score (nSPS) is 14.8. The summed E-state index contributed by atoms with van der Waals surface area (Å²) in [7, 11) is 1.71. The Balaban J connectivity index is 1.52. The first-order valence-electron chi connectivity index (χ1n) is 8.75. The van der Waals surface area contributed by atoms with E-state index in [-0.39, 0.29) is 0 Å². The van der Waals surface area contributed by atoms with Gasteiger partial charge in [-0.3, -0.25) is 0 Å². The Morgan fingerprint density at radius 2 is 1.64 bits per heavy atom. The monoisotopic (exact) mass is 333 g/mol. The molecule has 2 heterocycles. The van der Waals surface area contributed by atoms with E-state index in [0.717, 1.165) is 43.3 Å². The van der Waals surface area contributed by atoms with Crippen molar-refractivity contribution >= 4 is 22.4 Å². The number of fused-ring (bicyclic) bond motifs is 1. The molecule has 3 aromatic rings. The maximum Gasteiger partial charge on any atom is 0.129 e. The van der Waals surface area contributed by atoms with Crippen molar-refractivity contribution in [3.63, 3.8) is 0 Å². The third kappa shape index (κ3) is 3.12. The van der Waals surface area contributed by atoms with Crippen LogP contribution in [0.25, 0.3) is 10.9 Å². The number of benzene rings is 2. The minimum atomic E-state index is 0.909. The van der Waals surface area contributed by atoms with Crippen molar-refractivity contribution in [1.82, 2.24) is 4.98 Å². The molecule has 0 bridgehead atoms. The lowest BCUT2D eigenvalue weighted by Gasteiger charge is -2.37. The van der Waals surface area contributed by atoms with Crippen LogP contribution in [0, 0.1) is 6.92 Å². The zero-order valence-corrected chi connectivity index (χ0v) is 14.8. The molecule has 2 aromatic carbocycles. The maximum absolute atomic E-state index is 5.34. The van der Waals surface area contributed by atoms with Crippen molar-refractivity contribution in [2.75, 3.05) is 43.1 Å². The summed E-state index contributed by atoms with van der Waals surface area (Å²) < 4.78 is 5.34. The summed E-state index contributed by atoms with van der Waals surface area (Å²) in [6.45, 7) is 6.09. The fourth-order valence-corrected chi connectivity index (χ4v) is 3.49. The third-order valence-corrected chi connectivity index (χ3v) is 4.93. The van der Waals surface area contributed by atoms with Gasteiger partial charge in [-0.05, 0) is 36.8 Å². The standard InChI is InChI=1S/C21H23N3O/c1-16-14-21(22-20-9-4-3-8-19(16)20)24-12-10-23(11-13-24)17-6-5-7-18(15-17)25-2/h3-9,14-15H,10-13H2,1-2H3. The Kier molecular flexibility index (Phi) is 4.18. The smallest absolute Gasteiger partial charge is 0.129 e. The molecule has 0 N–H and O–H groups in total. The van der Waals surface area contributed by atoms with Gasteiger partial charge in [0.1, 0.15) is 11.6 Å². The number of aromatic nitrogens is 1. The highest BCUT2D eigenvalue weighted by Crippen LogP contribution is 2.25. The Hall–Kier alpha value is -2.75. The van der Waals surface area contributed by atoms with Crippen LogP contribution in [0.1, 0.15) is 5.56 Å². The Bertz CT molecular complexity index is 885. The number of aryl methyl sites for hydroxylation is 1. The molecule has 4 nitrogen and oxygen atoms in total. The number of methoxy groups -OCH3 is 1. The number of anilines is 2. The highest BCUT2D eigenvalue weighted by atomic mass is 16.5. The molecule has 0 atom stereocenters. The van der Waals surface area contributed by atoms with Crippen LogP contribution in [0.4, 0.5) is 11.5 Å². The molecule has 0 aliphatic carbocycles. The lowest BCUT2D eigenvalue weighted by molar-refractivity contribution is 0.414. The molecule has 1 aromatic heterocycles. The van der Waals surface area contributed by atoms with Gasteiger partial charge >= 0.3 is 0 Å². The first kappa shape index (κ1) is 15.8. The van der Waals surface area contributed by atoms with Crippen molar-refractivity contribution in [3.8, 4) is 5.75 Å². The second-order valence-electron chi connectivity index (χ2n) is 6.49. The van der Waals surface area contributed by atoms with Gasteiger partial charge in [0.25, 0.3) is 0 Å². The molecule has 1 saturated heterocycles. The number of hydrogen-bond donors (Lipinski definition) is 0. The van der Waals surface area contributed by atoms with Crippen molar-refractivity contribution in [1.29, 1.82) is 0 Å². The molecule has 1 fully saturated rings. The zero-order chi connectivity index (χ0) is 17.2. The number of ether oxygens (including phenoxy) is 1. The van der Waals surface area contributed by atoms with Crippen molar-refractivity contribution < 1.29 is 4.74 Å². The van der Waals surface area contributed by atoms with Crippen LogP contribution in [0.2, 0.25) is 0 Å². The maximum atomic E-state index is 5.34. The largest absolute Gasteiger partial charge is 0.497 e. The van der Waals surface area contributed by atoms with Gasteiger partial charge in [-0.1, -0.05) is 24.3 Å². The van der Waals surface area contributed by atoms with Crippen LogP contribution in [0.15, 0.2) is 54.6 Å². The molecule has 0 saturated carbocycles. The van der Waals surface area contributed by atoms with Gasteiger partial charge in [0.15, 0.2) is 0 Å². The van der Waals surface area contributed by atoms with E-state index in [0.29, 0.717) is 0 Å². The van der Waals surface area contributed by atoms with Gasteiger partial charge in [-0.15, -0.1) is 0 Å². The van der Waals surface area contributed by atoms with E-state index in [4.69, 9.17) is 9.72 Å². The molecule has 4 heteroatoms. The van der Waals surface area contributed by atoms with Crippen molar-refractivity contribution in [3.05, 3.63) is 60.2 Å². The molecule has 128 valence electrons. The Morgan fingerprint density at radius 1 is 0.880 bits per heavy atom. The highest BCUT2D eigenvalue weighted by molar-refractivity contribution is 5.83. The molecule has 1 aliphatic rings. The molecule has 0 spiro atoms. The number of pyridine rings is 1. The number of piperazine rings is 1. The van der Waals surface area contributed by atoms with Gasteiger partial charge in [-0.25, -0.2) is 4.98 Å². The summed E-state index contributed by atoms with van der Waals surface area (Å²) >= 11 is 0. The van der Waals surface area contributed by atoms with E-state index in [1.165, 1.54) is 16.6 Å². The van der Waals surface area contributed by atoms with Crippen LogP contribution in [0.5, 0.6) is 5.75 Å². The highest BCUT2D eigenvalue weighted by Gasteiger charge is 2.19. The minimum Gasteiger partial charge on any atom is -0.497 e. The van der Waals surface area contributed by atoms with E-state index in [2.05, 4.69) is 65.3 Å². The van der Waals surface area contributed by atoms with E-state index in [1.54, 1.807) is 7.11 Å². The molecule has 0 amide bonds. The van der Waals surface area contributed by atoms with Gasteiger partial charge < -0.3 is 14.5 Å². The summed E-state index contributed by atoms with van der Waals surface area (Å²) in [6.07, 6.45) is 0. The van der Waals surface area contributed by atoms with Crippen LogP contribution < -0.4 is 14.5 Å².